The average Bonchev–Trinajstić information content (AvgIpc) is 2.82. The molecule has 0 aliphatic heterocycles. The van der Waals surface area contributed by atoms with Gasteiger partial charge >= 0.3 is 6.18 Å². The normalized spacial score (nSPS) is 12.2. The van der Waals surface area contributed by atoms with E-state index in [0.29, 0.717) is 16.3 Å². The molecule has 0 fully saturated rings. The summed E-state index contributed by atoms with van der Waals surface area (Å²) >= 11 is 1.49. The Morgan fingerprint density at radius 2 is 2.05 bits per heavy atom. The first kappa shape index (κ1) is 16.9. The molecule has 2 aromatic heterocycles. The lowest BCUT2D eigenvalue weighted by molar-refractivity contribution is -0.135. The molecule has 0 bridgehead atoms. The Kier molecular flexibility index (Phi) is 5.49. The van der Waals surface area contributed by atoms with Crippen LogP contribution in [0.15, 0.2) is 11.5 Å². The van der Waals surface area contributed by atoms with E-state index >= 15 is 0 Å². The molecule has 0 aliphatic rings. The van der Waals surface area contributed by atoms with E-state index in [2.05, 4.69) is 21.9 Å². The van der Waals surface area contributed by atoms with Gasteiger partial charge in [0.1, 0.15) is 5.52 Å². The number of alkyl halides is 3. The molecule has 0 radical (unpaired) electrons. The van der Waals surface area contributed by atoms with Crippen LogP contribution in [0.3, 0.4) is 0 Å². The number of rotatable bonds is 7. The topological polar surface area (TPSA) is 69.6 Å². The zero-order valence-corrected chi connectivity index (χ0v) is 13.0. The quantitative estimate of drug-likeness (QED) is 0.476. The van der Waals surface area contributed by atoms with Crippen LogP contribution in [0.25, 0.3) is 11.2 Å². The maximum Gasteiger partial charge on any atom is 0.389 e. The van der Waals surface area contributed by atoms with Crippen molar-refractivity contribution in [1.82, 2.24) is 19.5 Å². The summed E-state index contributed by atoms with van der Waals surface area (Å²) in [6.45, 7) is 2.29. The van der Waals surface area contributed by atoms with Gasteiger partial charge in [-0.1, -0.05) is 25.1 Å². The molecule has 0 amide bonds. The average molecular weight is 333 g/mol. The molecule has 2 aromatic rings. The molecule has 122 valence electrons. The SMILES string of the molecule is CCCCSc1nc(N)c2ncn(CCCC(F)(F)F)c2n1. The number of aromatic nitrogens is 4. The fourth-order valence-electron chi connectivity index (χ4n) is 1.93. The van der Waals surface area contributed by atoms with E-state index in [1.54, 1.807) is 4.57 Å². The summed E-state index contributed by atoms with van der Waals surface area (Å²) in [5.74, 6) is 1.14. The third kappa shape index (κ3) is 4.49. The van der Waals surface area contributed by atoms with Crippen molar-refractivity contribution < 1.29 is 13.2 Å². The molecule has 2 rings (SSSR count). The van der Waals surface area contributed by atoms with Crippen molar-refractivity contribution in [3.05, 3.63) is 6.33 Å². The number of fused-ring (bicyclic) bond motifs is 1. The number of halogens is 3. The van der Waals surface area contributed by atoms with Crippen molar-refractivity contribution in [2.75, 3.05) is 11.5 Å². The first-order valence-corrected chi connectivity index (χ1v) is 8.07. The maximum absolute atomic E-state index is 12.2. The zero-order chi connectivity index (χ0) is 16.2. The first-order chi connectivity index (χ1) is 10.4. The molecule has 0 aromatic carbocycles. The Balaban J connectivity index is 2.13. The highest BCUT2D eigenvalue weighted by atomic mass is 32.2. The van der Waals surface area contributed by atoms with Gasteiger partial charge in [-0.2, -0.15) is 13.2 Å². The number of thioether (sulfide) groups is 1. The Morgan fingerprint density at radius 1 is 1.27 bits per heavy atom. The Hall–Kier alpha value is -1.51. The van der Waals surface area contributed by atoms with E-state index in [1.165, 1.54) is 18.1 Å². The number of nitrogen functional groups attached to an aromatic ring is 1. The number of nitrogens with zero attached hydrogens (tertiary/aromatic N) is 4. The number of unbranched alkanes of at least 4 members (excludes halogenated alkanes) is 1. The summed E-state index contributed by atoms with van der Waals surface area (Å²) in [5, 5.41) is 0.538. The van der Waals surface area contributed by atoms with E-state index in [0.717, 1.165) is 18.6 Å². The summed E-state index contributed by atoms with van der Waals surface area (Å²) < 4.78 is 38.3. The highest BCUT2D eigenvalue weighted by molar-refractivity contribution is 7.99. The zero-order valence-electron chi connectivity index (χ0n) is 12.2. The van der Waals surface area contributed by atoms with Gasteiger partial charge in [-0.15, -0.1) is 0 Å². The Bertz CT molecular complexity index is 626. The van der Waals surface area contributed by atoms with Crippen molar-refractivity contribution in [2.24, 2.45) is 0 Å². The molecule has 2 heterocycles. The minimum atomic E-state index is -4.15. The van der Waals surface area contributed by atoms with Crippen LogP contribution in [0.5, 0.6) is 0 Å². The second kappa shape index (κ2) is 7.17. The molecular formula is C13H18F3N5S. The molecule has 9 heteroatoms. The number of aryl methyl sites for hydroxylation is 1. The lowest BCUT2D eigenvalue weighted by Crippen LogP contribution is -2.09. The van der Waals surface area contributed by atoms with Crippen LogP contribution in [0.4, 0.5) is 19.0 Å². The maximum atomic E-state index is 12.2. The molecule has 0 aliphatic carbocycles. The highest BCUT2D eigenvalue weighted by Crippen LogP contribution is 2.24. The molecule has 2 N–H and O–H groups in total. The van der Waals surface area contributed by atoms with Gasteiger partial charge in [-0.05, 0) is 12.8 Å². The van der Waals surface area contributed by atoms with Gasteiger partial charge in [0.25, 0.3) is 0 Å². The third-order valence-electron chi connectivity index (χ3n) is 3.06. The molecule has 0 saturated heterocycles. The van der Waals surface area contributed by atoms with Gasteiger partial charge in [0, 0.05) is 18.7 Å². The monoisotopic (exact) mass is 333 g/mol. The highest BCUT2D eigenvalue weighted by Gasteiger charge is 2.26. The van der Waals surface area contributed by atoms with Crippen molar-refractivity contribution in [3.63, 3.8) is 0 Å². The lowest BCUT2D eigenvalue weighted by Gasteiger charge is -2.07. The van der Waals surface area contributed by atoms with Crippen molar-refractivity contribution in [1.29, 1.82) is 0 Å². The van der Waals surface area contributed by atoms with E-state index < -0.39 is 12.6 Å². The number of hydrogen-bond acceptors (Lipinski definition) is 5. The summed E-state index contributed by atoms with van der Waals surface area (Å²) in [6, 6.07) is 0. The second-order valence-corrected chi connectivity index (χ2v) is 5.98. The van der Waals surface area contributed by atoms with Gasteiger partial charge in [0.15, 0.2) is 16.6 Å². The van der Waals surface area contributed by atoms with Gasteiger partial charge in [-0.3, -0.25) is 0 Å². The minimum absolute atomic E-state index is 0.0167. The van der Waals surface area contributed by atoms with Crippen LogP contribution < -0.4 is 5.73 Å². The van der Waals surface area contributed by atoms with Crippen LogP contribution >= 0.6 is 11.8 Å². The predicted molar refractivity (Wildman–Crippen MR) is 80.7 cm³/mol. The van der Waals surface area contributed by atoms with Gasteiger partial charge in [-0.25, -0.2) is 15.0 Å². The number of hydrogen-bond donors (Lipinski definition) is 1. The smallest absolute Gasteiger partial charge is 0.382 e. The Morgan fingerprint density at radius 3 is 2.73 bits per heavy atom. The molecular weight excluding hydrogens is 315 g/mol. The van der Waals surface area contributed by atoms with E-state index in [-0.39, 0.29) is 18.8 Å². The van der Waals surface area contributed by atoms with E-state index in [4.69, 9.17) is 5.73 Å². The molecule has 0 saturated carbocycles. The van der Waals surface area contributed by atoms with Gasteiger partial charge < -0.3 is 10.3 Å². The largest absolute Gasteiger partial charge is 0.389 e. The fourth-order valence-corrected chi connectivity index (χ4v) is 2.86. The molecule has 0 atom stereocenters. The summed E-state index contributed by atoms with van der Waals surface area (Å²) in [4.78, 5) is 12.6. The van der Waals surface area contributed by atoms with Crippen LogP contribution in [-0.2, 0) is 6.54 Å². The van der Waals surface area contributed by atoms with Crippen molar-refractivity contribution >= 4 is 28.7 Å². The summed E-state index contributed by atoms with van der Waals surface area (Å²) in [5.41, 5.74) is 6.78. The van der Waals surface area contributed by atoms with Crippen LogP contribution in [0.2, 0.25) is 0 Å². The van der Waals surface area contributed by atoms with Crippen LogP contribution in [-0.4, -0.2) is 31.4 Å². The number of anilines is 1. The minimum Gasteiger partial charge on any atom is -0.382 e. The molecule has 22 heavy (non-hydrogen) atoms. The fraction of sp³-hybridized carbons (Fsp3) is 0.615. The van der Waals surface area contributed by atoms with Gasteiger partial charge in [0.2, 0.25) is 0 Å². The van der Waals surface area contributed by atoms with Crippen molar-refractivity contribution in [2.45, 2.75) is 50.5 Å². The first-order valence-electron chi connectivity index (χ1n) is 7.08. The standard InChI is InChI=1S/C13H18F3N5S/c1-2-3-7-22-12-19-10(17)9-11(20-12)21(8-18-9)6-4-5-13(14,15)16/h8H,2-7H2,1H3,(H2,17,19,20). The van der Waals surface area contributed by atoms with E-state index in [1.807, 2.05) is 0 Å². The van der Waals surface area contributed by atoms with Crippen molar-refractivity contribution in [3.8, 4) is 0 Å². The number of nitrogens with two attached hydrogens (primary N) is 1. The predicted octanol–water partition coefficient (Wildman–Crippen LogP) is 3.64. The third-order valence-corrected chi connectivity index (χ3v) is 3.99. The van der Waals surface area contributed by atoms with E-state index in [9.17, 15) is 13.2 Å². The number of imidazole rings is 1. The second-order valence-electron chi connectivity index (χ2n) is 4.92. The summed E-state index contributed by atoms with van der Waals surface area (Å²) in [7, 11) is 0. The van der Waals surface area contributed by atoms with Gasteiger partial charge in [0.05, 0.1) is 6.33 Å². The molecule has 0 spiro atoms. The molecule has 0 unspecified atom stereocenters. The van der Waals surface area contributed by atoms with Crippen LogP contribution in [0, 0.1) is 0 Å². The molecule has 5 nitrogen and oxygen atoms in total. The lowest BCUT2D eigenvalue weighted by atomic mass is 10.3. The Labute approximate surface area is 130 Å². The van der Waals surface area contributed by atoms with Crippen LogP contribution in [0.1, 0.15) is 32.6 Å². The summed E-state index contributed by atoms with van der Waals surface area (Å²) in [6.07, 6.45) is -1.42.